The van der Waals surface area contributed by atoms with Crippen LogP contribution in [-0.2, 0) is 6.42 Å². The number of benzene rings is 1. The smallest absolute Gasteiger partial charge is 0.123 e. The average Bonchev–Trinajstić information content (AvgIpc) is 2.67. The third kappa shape index (κ3) is 3.18. The third-order valence-electron chi connectivity index (χ3n) is 3.02. The molecular weight excluding hydrogens is 313 g/mol. The Labute approximate surface area is 119 Å². The summed E-state index contributed by atoms with van der Waals surface area (Å²) in [6.45, 7) is 4.13. The van der Waals surface area contributed by atoms with Gasteiger partial charge in [-0.15, -0.1) is 11.3 Å². The van der Waals surface area contributed by atoms with Crippen LogP contribution in [0.15, 0.2) is 24.3 Å². The lowest BCUT2D eigenvalue weighted by Crippen LogP contribution is -2.04. The van der Waals surface area contributed by atoms with Gasteiger partial charge in [-0.2, -0.15) is 0 Å². The van der Waals surface area contributed by atoms with Crippen LogP contribution in [-0.4, -0.2) is 10.3 Å². The number of thiazole rings is 1. The highest BCUT2D eigenvalue weighted by Crippen LogP contribution is 2.26. The van der Waals surface area contributed by atoms with Gasteiger partial charge in [0.15, 0.2) is 0 Å². The van der Waals surface area contributed by atoms with Gasteiger partial charge in [0.1, 0.15) is 5.82 Å². The summed E-state index contributed by atoms with van der Waals surface area (Å²) in [6, 6.07) is 6.75. The summed E-state index contributed by atoms with van der Waals surface area (Å²) < 4.78 is 12.9. The van der Waals surface area contributed by atoms with Crippen molar-refractivity contribution in [1.82, 2.24) is 4.98 Å². The van der Waals surface area contributed by atoms with Crippen molar-refractivity contribution in [1.29, 1.82) is 0 Å². The molecule has 0 N–H and O–H groups in total. The monoisotopic (exact) mass is 327 g/mol. The Hall–Kier alpha value is -0.740. The van der Waals surface area contributed by atoms with Crippen LogP contribution >= 0.6 is 27.3 Å². The van der Waals surface area contributed by atoms with Gasteiger partial charge in [0.25, 0.3) is 0 Å². The molecule has 0 aliphatic rings. The highest BCUT2D eigenvalue weighted by atomic mass is 79.9. The molecule has 0 aliphatic carbocycles. The van der Waals surface area contributed by atoms with Gasteiger partial charge < -0.3 is 0 Å². The summed E-state index contributed by atoms with van der Waals surface area (Å²) in [6.07, 6.45) is 0.899. The van der Waals surface area contributed by atoms with Gasteiger partial charge in [-0.25, -0.2) is 9.37 Å². The number of aromatic nitrogens is 1. The van der Waals surface area contributed by atoms with Crippen molar-refractivity contribution in [2.24, 2.45) is 0 Å². The molecule has 0 amide bonds. The molecule has 1 aromatic carbocycles. The first kappa shape index (κ1) is 13.7. The van der Waals surface area contributed by atoms with Crippen LogP contribution in [0.2, 0.25) is 0 Å². The SMILES string of the molecule is Cc1nc(CC(CBr)c2ccc(F)cc2)sc1C. The summed E-state index contributed by atoms with van der Waals surface area (Å²) in [5.41, 5.74) is 2.27. The normalized spacial score (nSPS) is 12.7. The largest absolute Gasteiger partial charge is 0.246 e. The van der Waals surface area contributed by atoms with Gasteiger partial charge in [0, 0.05) is 16.6 Å². The van der Waals surface area contributed by atoms with Crippen LogP contribution in [0.1, 0.15) is 27.1 Å². The molecule has 1 heterocycles. The topological polar surface area (TPSA) is 12.9 Å². The standard InChI is InChI=1S/C14H15BrFNS/c1-9-10(2)18-14(17-9)7-12(8-15)11-3-5-13(16)6-4-11/h3-6,12H,7-8H2,1-2H3. The maximum atomic E-state index is 12.9. The average molecular weight is 328 g/mol. The number of rotatable bonds is 4. The van der Waals surface area contributed by atoms with E-state index in [0.29, 0.717) is 5.92 Å². The van der Waals surface area contributed by atoms with E-state index < -0.39 is 0 Å². The van der Waals surface area contributed by atoms with E-state index in [1.807, 2.05) is 19.1 Å². The van der Waals surface area contributed by atoms with Crippen molar-refractivity contribution in [3.8, 4) is 0 Å². The lowest BCUT2D eigenvalue weighted by molar-refractivity contribution is 0.625. The number of hydrogen-bond donors (Lipinski definition) is 0. The predicted molar refractivity (Wildman–Crippen MR) is 78.2 cm³/mol. The molecule has 96 valence electrons. The first-order valence-corrected chi connectivity index (χ1v) is 7.78. The van der Waals surface area contributed by atoms with Gasteiger partial charge in [0.05, 0.1) is 10.7 Å². The number of aryl methyl sites for hydroxylation is 2. The van der Waals surface area contributed by atoms with E-state index in [0.717, 1.165) is 28.0 Å². The van der Waals surface area contributed by atoms with Crippen molar-refractivity contribution in [3.63, 3.8) is 0 Å². The molecule has 0 saturated heterocycles. The van der Waals surface area contributed by atoms with E-state index in [2.05, 4.69) is 27.8 Å². The quantitative estimate of drug-likeness (QED) is 0.746. The van der Waals surface area contributed by atoms with Crippen molar-refractivity contribution in [2.45, 2.75) is 26.2 Å². The minimum Gasteiger partial charge on any atom is -0.246 e. The number of nitrogens with zero attached hydrogens (tertiary/aromatic N) is 1. The fraction of sp³-hybridized carbons (Fsp3) is 0.357. The summed E-state index contributed by atoms with van der Waals surface area (Å²) >= 11 is 5.29. The van der Waals surface area contributed by atoms with E-state index in [4.69, 9.17) is 0 Å². The van der Waals surface area contributed by atoms with Crippen LogP contribution in [0.5, 0.6) is 0 Å². The highest BCUT2D eigenvalue weighted by molar-refractivity contribution is 9.09. The van der Waals surface area contributed by atoms with E-state index in [9.17, 15) is 4.39 Å². The second kappa shape index (κ2) is 5.93. The Morgan fingerprint density at radius 3 is 2.44 bits per heavy atom. The second-order valence-corrected chi connectivity index (χ2v) is 6.29. The number of hydrogen-bond acceptors (Lipinski definition) is 2. The summed E-state index contributed by atoms with van der Waals surface area (Å²) in [5, 5.41) is 2.01. The Kier molecular flexibility index (Phi) is 4.51. The van der Waals surface area contributed by atoms with Crippen LogP contribution in [0.3, 0.4) is 0 Å². The summed E-state index contributed by atoms with van der Waals surface area (Å²) in [4.78, 5) is 5.84. The zero-order chi connectivity index (χ0) is 13.1. The molecular formula is C14H15BrFNS. The molecule has 2 rings (SSSR count). The maximum absolute atomic E-state index is 12.9. The Morgan fingerprint density at radius 1 is 1.28 bits per heavy atom. The Bertz CT molecular complexity index is 502. The molecule has 1 unspecified atom stereocenters. The maximum Gasteiger partial charge on any atom is 0.123 e. The van der Waals surface area contributed by atoms with Crippen LogP contribution in [0.25, 0.3) is 0 Å². The van der Waals surface area contributed by atoms with Crippen molar-refractivity contribution in [2.75, 3.05) is 5.33 Å². The molecule has 0 spiro atoms. The molecule has 1 aromatic heterocycles. The molecule has 0 fully saturated rings. The molecule has 1 nitrogen and oxygen atoms in total. The minimum absolute atomic E-state index is 0.187. The fourth-order valence-corrected chi connectivity index (χ4v) is 3.45. The van der Waals surface area contributed by atoms with E-state index in [-0.39, 0.29) is 5.82 Å². The molecule has 4 heteroatoms. The predicted octanol–water partition coefficient (Wildman–Crippen LogP) is 4.62. The van der Waals surface area contributed by atoms with Gasteiger partial charge in [-0.05, 0) is 37.5 Å². The third-order valence-corrected chi connectivity index (χ3v) is 4.90. The van der Waals surface area contributed by atoms with Crippen LogP contribution < -0.4 is 0 Å². The van der Waals surface area contributed by atoms with Crippen LogP contribution in [0.4, 0.5) is 4.39 Å². The zero-order valence-corrected chi connectivity index (χ0v) is 12.8. The van der Waals surface area contributed by atoms with E-state index in [1.165, 1.54) is 17.0 Å². The molecule has 0 saturated carbocycles. The van der Waals surface area contributed by atoms with Crippen molar-refractivity contribution >= 4 is 27.3 Å². The molecule has 1 atom stereocenters. The Morgan fingerprint density at radius 2 is 1.94 bits per heavy atom. The lowest BCUT2D eigenvalue weighted by Gasteiger charge is -2.12. The fourth-order valence-electron chi connectivity index (χ4n) is 1.83. The van der Waals surface area contributed by atoms with Crippen molar-refractivity contribution < 1.29 is 4.39 Å². The second-order valence-electron chi connectivity index (χ2n) is 4.36. The van der Waals surface area contributed by atoms with E-state index >= 15 is 0 Å². The summed E-state index contributed by atoms with van der Waals surface area (Å²) in [5.74, 6) is 0.156. The molecule has 0 aliphatic heterocycles. The zero-order valence-electron chi connectivity index (χ0n) is 10.4. The first-order valence-electron chi connectivity index (χ1n) is 5.84. The van der Waals surface area contributed by atoms with E-state index in [1.54, 1.807) is 11.3 Å². The number of alkyl halides is 1. The van der Waals surface area contributed by atoms with Crippen LogP contribution in [0, 0.1) is 19.7 Å². The van der Waals surface area contributed by atoms with Gasteiger partial charge in [-0.3, -0.25) is 0 Å². The summed E-state index contributed by atoms with van der Waals surface area (Å²) in [7, 11) is 0. The Balaban J connectivity index is 2.16. The minimum atomic E-state index is -0.187. The molecule has 0 radical (unpaired) electrons. The molecule has 2 aromatic rings. The number of halogens is 2. The van der Waals surface area contributed by atoms with Gasteiger partial charge >= 0.3 is 0 Å². The van der Waals surface area contributed by atoms with Gasteiger partial charge in [0.2, 0.25) is 0 Å². The lowest BCUT2D eigenvalue weighted by atomic mass is 9.98. The highest BCUT2D eigenvalue weighted by Gasteiger charge is 2.14. The van der Waals surface area contributed by atoms with Gasteiger partial charge in [-0.1, -0.05) is 28.1 Å². The first-order chi connectivity index (χ1) is 8.60. The molecule has 18 heavy (non-hydrogen) atoms. The van der Waals surface area contributed by atoms with Crippen molar-refractivity contribution in [3.05, 3.63) is 51.2 Å². The molecule has 0 bridgehead atoms.